The van der Waals surface area contributed by atoms with Crippen molar-refractivity contribution in [1.82, 2.24) is 5.32 Å². The first-order valence-electron chi connectivity index (χ1n) is 6.36. The molecular weight excluding hydrogens is 310 g/mol. The Hall–Kier alpha value is -2.53. The van der Waals surface area contributed by atoms with Crippen LogP contribution in [0.2, 0.25) is 5.02 Å². The first-order chi connectivity index (χ1) is 10.5. The van der Waals surface area contributed by atoms with Crippen molar-refractivity contribution in [3.63, 3.8) is 0 Å². The van der Waals surface area contributed by atoms with Crippen molar-refractivity contribution in [2.45, 2.75) is 0 Å². The van der Waals surface area contributed by atoms with Gasteiger partial charge < -0.3 is 5.32 Å². The normalized spacial score (nSPS) is 15.9. The minimum atomic E-state index is -0.663. The molecule has 1 aliphatic heterocycles. The summed E-state index contributed by atoms with van der Waals surface area (Å²) in [4.78, 5) is 15.9. The van der Waals surface area contributed by atoms with Gasteiger partial charge in [-0.05, 0) is 42.0 Å². The van der Waals surface area contributed by atoms with E-state index in [9.17, 15) is 13.6 Å². The van der Waals surface area contributed by atoms with Gasteiger partial charge in [-0.2, -0.15) is 0 Å². The molecule has 2 aromatic rings. The molecule has 0 aliphatic carbocycles. The molecule has 0 saturated carbocycles. The number of carbonyl (C=O) groups is 1. The maximum absolute atomic E-state index is 13.7. The lowest BCUT2D eigenvalue weighted by atomic mass is 10.2. The fourth-order valence-electron chi connectivity index (χ4n) is 2.03. The summed E-state index contributed by atoms with van der Waals surface area (Å²) in [6, 6.07) is 9.82. The summed E-state index contributed by atoms with van der Waals surface area (Å²) < 4.78 is 26.9. The fourth-order valence-corrected chi connectivity index (χ4v) is 2.23. The third kappa shape index (κ3) is 2.89. The molecular formula is C16H9ClF2N2O. The lowest BCUT2D eigenvalue weighted by Gasteiger charge is -2.02. The van der Waals surface area contributed by atoms with Crippen LogP contribution in [0.1, 0.15) is 11.1 Å². The Kier molecular flexibility index (Phi) is 3.73. The molecule has 0 bridgehead atoms. The van der Waals surface area contributed by atoms with Crippen molar-refractivity contribution in [1.29, 1.82) is 0 Å². The van der Waals surface area contributed by atoms with E-state index in [1.54, 1.807) is 24.3 Å². The molecule has 1 heterocycles. The number of amidine groups is 1. The van der Waals surface area contributed by atoms with Gasteiger partial charge in [0.15, 0.2) is 0 Å². The van der Waals surface area contributed by atoms with Crippen LogP contribution in [0.15, 0.2) is 53.2 Å². The Labute approximate surface area is 129 Å². The van der Waals surface area contributed by atoms with E-state index in [4.69, 9.17) is 11.6 Å². The van der Waals surface area contributed by atoms with Gasteiger partial charge in [-0.15, -0.1) is 0 Å². The number of rotatable bonds is 2. The van der Waals surface area contributed by atoms with Crippen molar-refractivity contribution in [3.8, 4) is 0 Å². The third-order valence-electron chi connectivity index (χ3n) is 3.03. The highest BCUT2D eigenvalue weighted by Gasteiger charge is 2.23. The van der Waals surface area contributed by atoms with Gasteiger partial charge in [-0.25, -0.2) is 13.8 Å². The third-order valence-corrected chi connectivity index (χ3v) is 3.27. The van der Waals surface area contributed by atoms with Gasteiger partial charge in [-0.1, -0.05) is 23.7 Å². The fraction of sp³-hybridized carbons (Fsp3) is 0. The highest BCUT2D eigenvalue weighted by molar-refractivity contribution is 6.30. The van der Waals surface area contributed by atoms with Crippen LogP contribution in [0.4, 0.5) is 8.78 Å². The largest absolute Gasteiger partial charge is 0.305 e. The van der Waals surface area contributed by atoms with E-state index in [2.05, 4.69) is 10.3 Å². The van der Waals surface area contributed by atoms with Crippen molar-refractivity contribution in [3.05, 3.63) is 75.9 Å². The van der Waals surface area contributed by atoms with Gasteiger partial charge in [0.25, 0.3) is 5.91 Å². The Bertz CT molecular complexity index is 831. The number of amides is 1. The lowest BCUT2D eigenvalue weighted by molar-refractivity contribution is -0.115. The van der Waals surface area contributed by atoms with Crippen molar-refractivity contribution in [2.75, 3.05) is 0 Å². The van der Waals surface area contributed by atoms with Crippen LogP contribution in [0.3, 0.4) is 0 Å². The second-order valence-corrected chi connectivity index (χ2v) is 5.06. The summed E-state index contributed by atoms with van der Waals surface area (Å²) in [5, 5.41) is 2.95. The first-order valence-corrected chi connectivity index (χ1v) is 6.73. The molecule has 1 aliphatic rings. The average molecular weight is 319 g/mol. The molecule has 0 spiro atoms. The van der Waals surface area contributed by atoms with Crippen LogP contribution >= 0.6 is 11.6 Å². The van der Waals surface area contributed by atoms with Crippen LogP contribution in [-0.4, -0.2) is 11.7 Å². The molecule has 0 unspecified atom stereocenters. The van der Waals surface area contributed by atoms with Crippen LogP contribution in [0, 0.1) is 11.6 Å². The molecule has 1 N–H and O–H groups in total. The zero-order chi connectivity index (χ0) is 15.7. The highest BCUT2D eigenvalue weighted by atomic mass is 35.5. The summed E-state index contributed by atoms with van der Waals surface area (Å²) >= 11 is 5.87. The number of nitrogens with zero attached hydrogens (tertiary/aromatic N) is 1. The zero-order valence-electron chi connectivity index (χ0n) is 11.1. The smallest absolute Gasteiger partial charge is 0.275 e. The molecule has 1 amide bonds. The van der Waals surface area contributed by atoms with Gasteiger partial charge in [0.05, 0.1) is 5.56 Å². The summed E-state index contributed by atoms with van der Waals surface area (Å²) in [5.74, 6) is -1.78. The molecule has 3 rings (SSSR count). The number of nitrogens with one attached hydrogen (secondary N) is 1. The van der Waals surface area contributed by atoms with E-state index in [1.165, 1.54) is 6.08 Å². The standard InChI is InChI=1S/C16H9ClF2N2O/c17-10-3-1-2-9(6-10)7-14-16(22)21-15(20-14)12-8-11(18)4-5-13(12)19/h1-8H,(H,20,21,22)/b14-7-. The number of benzene rings is 2. The molecule has 0 saturated heterocycles. The topological polar surface area (TPSA) is 41.5 Å². The van der Waals surface area contributed by atoms with E-state index < -0.39 is 17.5 Å². The van der Waals surface area contributed by atoms with Crippen LogP contribution in [0.5, 0.6) is 0 Å². The monoisotopic (exact) mass is 318 g/mol. The molecule has 0 radical (unpaired) electrons. The quantitative estimate of drug-likeness (QED) is 0.846. The SMILES string of the molecule is O=C1NC(c2cc(F)ccc2F)=N/C1=C\c1cccc(Cl)c1. The van der Waals surface area contributed by atoms with Crippen molar-refractivity contribution in [2.24, 2.45) is 4.99 Å². The van der Waals surface area contributed by atoms with Gasteiger partial charge in [0.1, 0.15) is 23.2 Å². The van der Waals surface area contributed by atoms with Gasteiger partial charge in [0, 0.05) is 5.02 Å². The van der Waals surface area contributed by atoms with E-state index in [1.807, 2.05) is 0 Å². The molecule has 0 fully saturated rings. The molecule has 6 heteroatoms. The predicted molar refractivity (Wildman–Crippen MR) is 80.5 cm³/mol. The van der Waals surface area contributed by atoms with Crippen LogP contribution in [0.25, 0.3) is 6.08 Å². The minimum absolute atomic E-state index is 0.0183. The van der Waals surface area contributed by atoms with Gasteiger partial charge in [0.2, 0.25) is 0 Å². The summed E-state index contributed by atoms with van der Waals surface area (Å²) in [6.45, 7) is 0. The second kappa shape index (κ2) is 5.69. The molecule has 110 valence electrons. The predicted octanol–water partition coefficient (Wildman–Crippen LogP) is 3.54. The Morgan fingerprint density at radius 2 is 1.95 bits per heavy atom. The number of aliphatic imine (C=N–C) groups is 1. The molecule has 3 nitrogen and oxygen atoms in total. The summed E-state index contributed by atoms with van der Waals surface area (Å²) in [6.07, 6.45) is 1.52. The summed E-state index contributed by atoms with van der Waals surface area (Å²) in [7, 11) is 0. The Morgan fingerprint density at radius 3 is 2.73 bits per heavy atom. The lowest BCUT2D eigenvalue weighted by Crippen LogP contribution is -2.25. The first kappa shape index (κ1) is 14.4. The minimum Gasteiger partial charge on any atom is -0.305 e. The maximum atomic E-state index is 13.7. The average Bonchev–Trinajstić information content (AvgIpc) is 2.83. The van der Waals surface area contributed by atoms with Gasteiger partial charge >= 0.3 is 0 Å². The second-order valence-electron chi connectivity index (χ2n) is 4.62. The highest BCUT2D eigenvalue weighted by Crippen LogP contribution is 2.19. The number of hydrogen-bond donors (Lipinski definition) is 1. The Morgan fingerprint density at radius 1 is 1.14 bits per heavy atom. The van der Waals surface area contributed by atoms with Crippen molar-refractivity contribution < 1.29 is 13.6 Å². The van der Waals surface area contributed by atoms with Crippen LogP contribution in [-0.2, 0) is 4.79 Å². The van der Waals surface area contributed by atoms with Gasteiger partial charge in [-0.3, -0.25) is 4.79 Å². The molecule has 0 atom stereocenters. The number of carbonyl (C=O) groups excluding carboxylic acids is 1. The number of hydrogen-bond acceptors (Lipinski definition) is 2. The molecule has 2 aromatic carbocycles. The van der Waals surface area contributed by atoms with Crippen molar-refractivity contribution >= 4 is 29.4 Å². The van der Waals surface area contributed by atoms with E-state index in [0.717, 1.165) is 18.2 Å². The molecule has 0 aromatic heterocycles. The zero-order valence-corrected chi connectivity index (χ0v) is 11.9. The van der Waals surface area contributed by atoms with E-state index in [-0.39, 0.29) is 17.1 Å². The Balaban J connectivity index is 2.00. The summed E-state index contributed by atoms with van der Waals surface area (Å²) in [5.41, 5.74) is 0.686. The van der Waals surface area contributed by atoms with E-state index in [0.29, 0.717) is 10.6 Å². The maximum Gasteiger partial charge on any atom is 0.275 e. The van der Waals surface area contributed by atoms with E-state index >= 15 is 0 Å². The number of halogens is 3. The molecule has 22 heavy (non-hydrogen) atoms. The van der Waals surface area contributed by atoms with Crippen LogP contribution < -0.4 is 5.32 Å².